The molecule has 2 aromatic rings. The van der Waals surface area contributed by atoms with Crippen molar-refractivity contribution in [2.45, 2.75) is 24.7 Å². The average Bonchev–Trinajstić information content (AvgIpc) is 3.19. The van der Waals surface area contributed by atoms with E-state index in [0.29, 0.717) is 17.5 Å². The van der Waals surface area contributed by atoms with Crippen molar-refractivity contribution in [3.8, 4) is 11.3 Å². The van der Waals surface area contributed by atoms with Gasteiger partial charge in [0.1, 0.15) is 12.0 Å². The lowest BCUT2D eigenvalue weighted by Gasteiger charge is -2.16. The maximum atomic E-state index is 12.9. The second kappa shape index (κ2) is 6.21. The summed E-state index contributed by atoms with van der Waals surface area (Å²) in [5, 5.41) is 9.44. The standard InChI is InChI=1S/C18H20N2O5S/c1-11-19-17(10-25-11)13-4-6-14(7-5-13)26(23,24)20-8-15(12-2-3-12)16(9-20)18(21)22/h4-7,10,12,15-16H,2-3,8-9H2,1H3,(H,21,22)/t15-,16+/m0/s1. The topological polar surface area (TPSA) is 101 Å². The Morgan fingerprint density at radius 2 is 1.92 bits per heavy atom. The van der Waals surface area contributed by atoms with Crippen LogP contribution in [0.2, 0.25) is 0 Å². The van der Waals surface area contributed by atoms with Crippen molar-refractivity contribution >= 4 is 16.0 Å². The van der Waals surface area contributed by atoms with E-state index in [-0.39, 0.29) is 23.9 Å². The molecule has 2 atom stereocenters. The highest BCUT2D eigenvalue weighted by atomic mass is 32.2. The summed E-state index contributed by atoms with van der Waals surface area (Å²) in [5.41, 5.74) is 1.41. The Balaban J connectivity index is 1.57. The quantitative estimate of drug-likeness (QED) is 0.860. The molecule has 1 N–H and O–H groups in total. The van der Waals surface area contributed by atoms with Crippen LogP contribution in [-0.4, -0.2) is 41.9 Å². The number of hydrogen-bond acceptors (Lipinski definition) is 5. The van der Waals surface area contributed by atoms with Gasteiger partial charge in [-0.25, -0.2) is 13.4 Å². The molecule has 2 heterocycles. The summed E-state index contributed by atoms with van der Waals surface area (Å²) < 4.78 is 32.4. The van der Waals surface area contributed by atoms with Gasteiger partial charge in [-0.1, -0.05) is 12.1 Å². The molecule has 8 heteroatoms. The number of carbonyl (C=O) groups is 1. The third-order valence-corrected chi connectivity index (χ3v) is 7.13. The molecule has 1 aliphatic heterocycles. The smallest absolute Gasteiger partial charge is 0.308 e. The molecule has 4 rings (SSSR count). The lowest BCUT2D eigenvalue weighted by atomic mass is 9.92. The number of hydrogen-bond donors (Lipinski definition) is 1. The van der Waals surface area contributed by atoms with Crippen LogP contribution >= 0.6 is 0 Å². The Labute approximate surface area is 151 Å². The summed E-state index contributed by atoms with van der Waals surface area (Å²) in [6, 6.07) is 6.45. The molecule has 26 heavy (non-hydrogen) atoms. The summed E-state index contributed by atoms with van der Waals surface area (Å²) >= 11 is 0. The number of sulfonamides is 1. The Hall–Kier alpha value is -2.19. The van der Waals surface area contributed by atoms with Crippen LogP contribution in [0, 0.1) is 24.7 Å². The van der Waals surface area contributed by atoms with Gasteiger partial charge < -0.3 is 9.52 Å². The van der Waals surface area contributed by atoms with Gasteiger partial charge in [-0.2, -0.15) is 4.31 Å². The number of aromatic nitrogens is 1. The van der Waals surface area contributed by atoms with E-state index in [1.807, 2.05) is 0 Å². The van der Waals surface area contributed by atoms with Gasteiger partial charge >= 0.3 is 5.97 Å². The molecule has 2 aliphatic rings. The third kappa shape index (κ3) is 3.03. The number of aryl methyl sites for hydroxylation is 1. The van der Waals surface area contributed by atoms with Crippen LogP contribution in [0.3, 0.4) is 0 Å². The summed E-state index contributed by atoms with van der Waals surface area (Å²) in [6.07, 6.45) is 3.51. The first-order valence-electron chi connectivity index (χ1n) is 8.62. The molecule has 1 saturated carbocycles. The lowest BCUT2D eigenvalue weighted by Crippen LogP contribution is -2.30. The van der Waals surface area contributed by atoms with Crippen molar-refractivity contribution in [1.29, 1.82) is 0 Å². The van der Waals surface area contributed by atoms with Gasteiger partial charge in [0, 0.05) is 25.6 Å². The van der Waals surface area contributed by atoms with Crippen LogP contribution in [0.1, 0.15) is 18.7 Å². The average molecular weight is 376 g/mol. The lowest BCUT2D eigenvalue weighted by molar-refractivity contribution is -0.142. The maximum Gasteiger partial charge on any atom is 0.308 e. The highest BCUT2D eigenvalue weighted by Crippen LogP contribution is 2.45. The Morgan fingerprint density at radius 3 is 2.46 bits per heavy atom. The molecular weight excluding hydrogens is 356 g/mol. The number of nitrogens with zero attached hydrogens (tertiary/aromatic N) is 2. The zero-order valence-electron chi connectivity index (χ0n) is 14.3. The molecule has 1 saturated heterocycles. The molecule has 1 aromatic heterocycles. The molecule has 2 fully saturated rings. The Morgan fingerprint density at radius 1 is 1.23 bits per heavy atom. The molecule has 0 amide bonds. The molecule has 0 unspecified atom stereocenters. The number of carboxylic acids is 1. The fourth-order valence-corrected chi connectivity index (χ4v) is 5.20. The zero-order chi connectivity index (χ0) is 18.5. The number of rotatable bonds is 5. The van der Waals surface area contributed by atoms with Gasteiger partial charge in [-0.05, 0) is 36.8 Å². The summed E-state index contributed by atoms with van der Waals surface area (Å²) in [5.74, 6) is -0.723. The normalized spacial score (nSPS) is 24.0. The van der Waals surface area contributed by atoms with Gasteiger partial charge in [-0.3, -0.25) is 4.79 Å². The highest BCUT2D eigenvalue weighted by Gasteiger charge is 2.48. The molecule has 0 radical (unpaired) electrons. The number of carboxylic acid groups (broad SMARTS) is 1. The van der Waals surface area contributed by atoms with Crippen molar-refractivity contribution in [2.24, 2.45) is 17.8 Å². The van der Waals surface area contributed by atoms with Crippen LogP contribution < -0.4 is 0 Å². The van der Waals surface area contributed by atoms with Crippen LogP contribution in [0.4, 0.5) is 0 Å². The molecule has 1 aromatic carbocycles. The maximum absolute atomic E-state index is 12.9. The van der Waals surface area contributed by atoms with Gasteiger partial charge in [0.05, 0.1) is 10.8 Å². The van der Waals surface area contributed by atoms with E-state index in [9.17, 15) is 18.3 Å². The Bertz CT molecular complexity index is 931. The van der Waals surface area contributed by atoms with E-state index in [2.05, 4.69) is 4.98 Å². The summed E-state index contributed by atoms with van der Waals surface area (Å²) in [6.45, 7) is 2.07. The molecular formula is C18H20N2O5S. The first kappa shape index (κ1) is 17.2. The minimum absolute atomic E-state index is 0.0447. The second-order valence-electron chi connectivity index (χ2n) is 7.04. The second-order valence-corrected chi connectivity index (χ2v) is 8.98. The molecule has 7 nitrogen and oxygen atoms in total. The first-order valence-corrected chi connectivity index (χ1v) is 10.1. The van der Waals surface area contributed by atoms with Crippen molar-refractivity contribution in [3.05, 3.63) is 36.4 Å². The fraction of sp³-hybridized carbons (Fsp3) is 0.444. The van der Waals surface area contributed by atoms with E-state index >= 15 is 0 Å². The van der Waals surface area contributed by atoms with Crippen LogP contribution in [0.25, 0.3) is 11.3 Å². The first-order chi connectivity index (χ1) is 12.4. The highest BCUT2D eigenvalue weighted by molar-refractivity contribution is 7.89. The predicted molar refractivity (Wildman–Crippen MR) is 92.8 cm³/mol. The van der Waals surface area contributed by atoms with Crippen molar-refractivity contribution in [1.82, 2.24) is 9.29 Å². The molecule has 0 spiro atoms. The monoisotopic (exact) mass is 376 g/mol. The minimum atomic E-state index is -3.71. The van der Waals surface area contributed by atoms with Gasteiger partial charge in [0.15, 0.2) is 5.89 Å². The zero-order valence-corrected chi connectivity index (χ0v) is 15.1. The number of aliphatic carboxylic acids is 1. The molecule has 1 aliphatic carbocycles. The van der Waals surface area contributed by atoms with Crippen LogP contribution in [0.5, 0.6) is 0 Å². The summed E-state index contributed by atoms with van der Waals surface area (Å²) in [7, 11) is -3.71. The van der Waals surface area contributed by atoms with Crippen LogP contribution in [0.15, 0.2) is 39.8 Å². The number of benzene rings is 1. The van der Waals surface area contributed by atoms with Crippen molar-refractivity contribution in [3.63, 3.8) is 0 Å². The van der Waals surface area contributed by atoms with E-state index in [4.69, 9.17) is 4.42 Å². The van der Waals surface area contributed by atoms with Crippen molar-refractivity contribution < 1.29 is 22.7 Å². The van der Waals surface area contributed by atoms with Gasteiger partial charge in [-0.15, -0.1) is 0 Å². The van der Waals surface area contributed by atoms with Crippen LogP contribution in [-0.2, 0) is 14.8 Å². The molecule has 138 valence electrons. The summed E-state index contributed by atoms with van der Waals surface area (Å²) in [4.78, 5) is 15.9. The fourth-order valence-electron chi connectivity index (χ4n) is 3.69. The van der Waals surface area contributed by atoms with E-state index in [1.165, 1.54) is 22.7 Å². The number of oxazole rings is 1. The largest absolute Gasteiger partial charge is 0.481 e. The van der Waals surface area contributed by atoms with Crippen molar-refractivity contribution in [2.75, 3.05) is 13.1 Å². The third-order valence-electron chi connectivity index (χ3n) is 5.28. The SMILES string of the molecule is Cc1nc(-c2ccc(S(=O)(=O)N3C[C@@H](C(=O)O)[C@H](C4CC4)C3)cc2)co1. The van der Waals surface area contributed by atoms with E-state index in [0.717, 1.165) is 18.4 Å². The van der Waals surface area contributed by atoms with E-state index < -0.39 is 21.9 Å². The molecule has 0 bridgehead atoms. The van der Waals surface area contributed by atoms with Gasteiger partial charge in [0.25, 0.3) is 0 Å². The predicted octanol–water partition coefficient (Wildman–Crippen LogP) is 2.38. The Kier molecular flexibility index (Phi) is 4.11. The van der Waals surface area contributed by atoms with Gasteiger partial charge in [0.2, 0.25) is 10.0 Å². The van der Waals surface area contributed by atoms with E-state index in [1.54, 1.807) is 19.1 Å². The minimum Gasteiger partial charge on any atom is -0.481 e.